The molecule has 0 aromatic carbocycles. The van der Waals surface area contributed by atoms with E-state index in [4.69, 9.17) is 0 Å². The fraction of sp³-hybridized carbons (Fsp3) is 0.571. The Kier molecular flexibility index (Phi) is 3.78. The van der Waals surface area contributed by atoms with E-state index in [2.05, 4.69) is 54.5 Å². The minimum Gasteiger partial charge on any atom is -0.321 e. The molecule has 0 bridgehead atoms. The summed E-state index contributed by atoms with van der Waals surface area (Å²) in [4.78, 5) is 8.74. The van der Waals surface area contributed by atoms with Gasteiger partial charge in [-0.05, 0) is 34.6 Å². The smallest absolute Gasteiger partial charge is 0.118 e. The minimum absolute atomic E-state index is 0.0976. The first-order valence-electron chi connectivity index (χ1n) is 6.47. The molecule has 0 radical (unpaired) electrons. The molecule has 2 aromatic heterocycles. The van der Waals surface area contributed by atoms with Crippen LogP contribution in [0, 0.1) is 0 Å². The van der Waals surface area contributed by atoms with E-state index in [1.807, 2.05) is 24.1 Å². The predicted octanol–water partition coefficient (Wildman–Crippen LogP) is 3.01. The monoisotopic (exact) mass is 278 g/mol. The number of aromatic nitrogens is 3. The Morgan fingerprint density at radius 1 is 1.26 bits per heavy atom. The van der Waals surface area contributed by atoms with Crippen LogP contribution in [0.15, 0.2) is 24.1 Å². The zero-order valence-corrected chi connectivity index (χ0v) is 13.1. The van der Waals surface area contributed by atoms with Gasteiger partial charge in [-0.15, -0.1) is 11.3 Å². The molecule has 1 N–H and O–H groups in total. The van der Waals surface area contributed by atoms with Gasteiger partial charge in [0, 0.05) is 29.9 Å². The number of nitrogens with one attached hydrogen (secondary N) is 1. The molecule has 0 saturated heterocycles. The lowest BCUT2D eigenvalue weighted by Gasteiger charge is -2.28. The summed E-state index contributed by atoms with van der Waals surface area (Å²) in [5.41, 5.74) is 1.11. The molecule has 0 saturated carbocycles. The third-order valence-corrected chi connectivity index (χ3v) is 4.16. The van der Waals surface area contributed by atoms with Crippen molar-refractivity contribution in [3.8, 4) is 0 Å². The Bertz CT molecular complexity index is 520. The summed E-state index contributed by atoms with van der Waals surface area (Å²) in [6, 6.07) is 0. The molecule has 0 unspecified atom stereocenters. The largest absolute Gasteiger partial charge is 0.321 e. The summed E-state index contributed by atoms with van der Waals surface area (Å²) in [5.74, 6) is 0. The maximum Gasteiger partial charge on any atom is 0.118 e. The van der Waals surface area contributed by atoms with E-state index in [0.717, 1.165) is 11.6 Å². The molecular weight excluding hydrogens is 256 g/mol. The van der Waals surface area contributed by atoms with Gasteiger partial charge in [0.05, 0.1) is 17.6 Å². The number of hydrogen-bond donors (Lipinski definition) is 1. The lowest BCUT2D eigenvalue weighted by Crippen LogP contribution is -2.37. The van der Waals surface area contributed by atoms with E-state index in [9.17, 15) is 0 Å². The van der Waals surface area contributed by atoms with E-state index in [1.54, 1.807) is 11.3 Å². The van der Waals surface area contributed by atoms with E-state index in [1.165, 1.54) is 5.69 Å². The van der Waals surface area contributed by atoms with Crippen molar-refractivity contribution in [2.75, 3.05) is 0 Å². The molecule has 0 fully saturated rings. The normalized spacial score (nSPS) is 12.9. The first-order valence-corrected chi connectivity index (χ1v) is 7.35. The van der Waals surface area contributed by atoms with Crippen LogP contribution in [0.2, 0.25) is 0 Å². The highest BCUT2D eigenvalue weighted by Crippen LogP contribution is 2.28. The van der Waals surface area contributed by atoms with Crippen molar-refractivity contribution >= 4 is 11.3 Å². The number of thiazole rings is 1. The van der Waals surface area contributed by atoms with Crippen LogP contribution in [-0.4, -0.2) is 20.1 Å². The van der Waals surface area contributed by atoms with Gasteiger partial charge in [-0.1, -0.05) is 0 Å². The molecule has 5 heteroatoms. The van der Waals surface area contributed by atoms with Crippen LogP contribution < -0.4 is 5.32 Å². The van der Waals surface area contributed by atoms with Crippen molar-refractivity contribution < 1.29 is 0 Å². The molecule has 4 nitrogen and oxygen atoms in total. The molecule has 2 heterocycles. The van der Waals surface area contributed by atoms with Crippen molar-refractivity contribution in [2.45, 2.75) is 52.2 Å². The van der Waals surface area contributed by atoms with Gasteiger partial charge < -0.3 is 9.88 Å². The SMILES string of the molecule is CC(C)(C)NCc1cncn1C(C)(C)c1nccs1. The summed E-state index contributed by atoms with van der Waals surface area (Å²) in [5, 5.41) is 6.62. The van der Waals surface area contributed by atoms with Crippen molar-refractivity contribution in [1.29, 1.82) is 0 Å². The quantitative estimate of drug-likeness (QED) is 0.935. The second-order valence-electron chi connectivity index (χ2n) is 6.25. The van der Waals surface area contributed by atoms with Gasteiger partial charge in [0.15, 0.2) is 0 Å². The zero-order valence-electron chi connectivity index (χ0n) is 12.3. The molecule has 0 atom stereocenters. The van der Waals surface area contributed by atoms with E-state index in [0.29, 0.717) is 0 Å². The summed E-state index contributed by atoms with van der Waals surface area (Å²) in [6.45, 7) is 11.7. The van der Waals surface area contributed by atoms with Gasteiger partial charge >= 0.3 is 0 Å². The van der Waals surface area contributed by atoms with Crippen LogP contribution in [0.5, 0.6) is 0 Å². The molecule has 0 aliphatic carbocycles. The van der Waals surface area contributed by atoms with Crippen molar-refractivity contribution in [3.05, 3.63) is 34.8 Å². The van der Waals surface area contributed by atoms with Crippen LogP contribution in [-0.2, 0) is 12.1 Å². The Morgan fingerprint density at radius 3 is 2.58 bits per heavy atom. The van der Waals surface area contributed by atoms with E-state index < -0.39 is 0 Å². The summed E-state index contributed by atoms with van der Waals surface area (Å²) in [6.07, 6.45) is 5.67. The van der Waals surface area contributed by atoms with Gasteiger partial charge in [-0.2, -0.15) is 0 Å². The average molecular weight is 278 g/mol. The van der Waals surface area contributed by atoms with Crippen molar-refractivity contribution in [1.82, 2.24) is 19.9 Å². The maximum atomic E-state index is 4.44. The number of rotatable bonds is 4. The summed E-state index contributed by atoms with van der Waals surface area (Å²) < 4.78 is 2.20. The molecule has 2 aromatic rings. The molecular formula is C14H22N4S. The molecule has 0 aliphatic rings. The second-order valence-corrected chi connectivity index (χ2v) is 7.15. The van der Waals surface area contributed by atoms with Crippen LogP contribution in [0.25, 0.3) is 0 Å². The predicted molar refractivity (Wildman–Crippen MR) is 79.4 cm³/mol. The third kappa shape index (κ3) is 3.22. The van der Waals surface area contributed by atoms with Crippen LogP contribution in [0.3, 0.4) is 0 Å². The average Bonchev–Trinajstić information content (AvgIpc) is 2.97. The highest BCUT2D eigenvalue weighted by atomic mass is 32.1. The first kappa shape index (κ1) is 14.2. The van der Waals surface area contributed by atoms with Crippen molar-refractivity contribution in [2.24, 2.45) is 0 Å². The van der Waals surface area contributed by atoms with Crippen LogP contribution in [0.4, 0.5) is 0 Å². The maximum absolute atomic E-state index is 4.44. The fourth-order valence-corrected chi connectivity index (χ4v) is 2.70. The van der Waals surface area contributed by atoms with E-state index >= 15 is 0 Å². The summed E-state index contributed by atoms with van der Waals surface area (Å²) in [7, 11) is 0. The van der Waals surface area contributed by atoms with Gasteiger partial charge in [-0.3, -0.25) is 0 Å². The van der Waals surface area contributed by atoms with Crippen molar-refractivity contribution in [3.63, 3.8) is 0 Å². The second kappa shape index (κ2) is 5.06. The minimum atomic E-state index is -0.167. The topological polar surface area (TPSA) is 42.7 Å². The van der Waals surface area contributed by atoms with Gasteiger partial charge in [-0.25, -0.2) is 9.97 Å². The zero-order chi connectivity index (χ0) is 14.1. The number of nitrogens with zero attached hydrogens (tertiary/aromatic N) is 3. The molecule has 0 spiro atoms. The lowest BCUT2D eigenvalue weighted by atomic mass is 10.1. The Balaban J connectivity index is 2.24. The Labute approximate surface area is 118 Å². The molecule has 19 heavy (non-hydrogen) atoms. The third-order valence-electron chi connectivity index (χ3n) is 3.07. The standard InChI is InChI=1S/C14H22N4S/c1-13(2,3)17-9-11-8-15-10-18(11)14(4,5)12-16-6-7-19-12/h6-8,10,17H,9H2,1-5H3. The fourth-order valence-electron chi connectivity index (χ4n) is 1.94. The molecule has 2 rings (SSSR count). The lowest BCUT2D eigenvalue weighted by molar-refractivity contribution is 0.382. The highest BCUT2D eigenvalue weighted by Gasteiger charge is 2.27. The molecule has 104 valence electrons. The van der Waals surface area contributed by atoms with Crippen LogP contribution >= 0.6 is 11.3 Å². The molecule has 0 aliphatic heterocycles. The first-order chi connectivity index (χ1) is 8.81. The number of hydrogen-bond acceptors (Lipinski definition) is 4. The Hall–Kier alpha value is -1.20. The van der Waals surface area contributed by atoms with E-state index in [-0.39, 0.29) is 11.1 Å². The summed E-state index contributed by atoms with van der Waals surface area (Å²) >= 11 is 1.68. The van der Waals surface area contributed by atoms with Gasteiger partial charge in [0.2, 0.25) is 0 Å². The highest BCUT2D eigenvalue weighted by molar-refractivity contribution is 7.09. The molecule has 0 amide bonds. The van der Waals surface area contributed by atoms with Gasteiger partial charge in [0.25, 0.3) is 0 Å². The van der Waals surface area contributed by atoms with Gasteiger partial charge in [0.1, 0.15) is 5.01 Å². The number of imidazole rings is 1. The van der Waals surface area contributed by atoms with Crippen LogP contribution in [0.1, 0.15) is 45.3 Å². The Morgan fingerprint density at radius 2 is 2.00 bits per heavy atom.